The smallest absolute Gasteiger partial charge is 0.273 e. The molecular formula is C28H30N4O2S. The molecule has 1 fully saturated rings. The Morgan fingerprint density at radius 3 is 2.40 bits per heavy atom. The molecule has 4 rings (SSSR count). The molecule has 2 aromatic carbocycles. The predicted molar refractivity (Wildman–Crippen MR) is 141 cm³/mol. The standard InChI is InChI=1S/C28H30N4O2S/c1-5-30-12-14-31(15-13-30)26(33)23(18-29)28-32(24-9-7-6-8-20(24)3)27(34)25(35-28)17-22-11-10-19(2)16-21(22)4/h6-11,16-17H,5,12-15H2,1-4H3/b25-17+,28-23-. The number of hydrogen-bond donors (Lipinski definition) is 0. The molecule has 35 heavy (non-hydrogen) atoms. The second-order valence-electron chi connectivity index (χ2n) is 8.92. The van der Waals surface area contributed by atoms with Crippen LogP contribution in [0.4, 0.5) is 0 Å². The normalized spacial score (nSPS) is 15.7. The fourth-order valence-corrected chi connectivity index (χ4v) is 5.50. The Labute approximate surface area is 209 Å². The first-order valence-corrected chi connectivity index (χ1v) is 12.7. The zero-order chi connectivity index (χ0) is 25.1. The molecule has 1 aliphatic rings. The number of benzene rings is 2. The third-order valence-electron chi connectivity index (χ3n) is 6.54. The number of carbonyl (C=O) groups excluding carboxylic acids is 1. The number of thiazole rings is 1. The lowest BCUT2D eigenvalue weighted by molar-refractivity contribution is -0.126. The SMILES string of the molecule is CCN1CCN(C(=O)/C(C#N)=c2\s/c(=C/c3ccc(C)cc3C)c(=O)n2-c2ccccc2C)CC1. The van der Waals surface area contributed by atoms with Gasteiger partial charge in [0, 0.05) is 26.2 Å². The minimum atomic E-state index is -0.315. The van der Waals surface area contributed by atoms with Gasteiger partial charge >= 0.3 is 0 Å². The monoisotopic (exact) mass is 486 g/mol. The van der Waals surface area contributed by atoms with Crippen molar-refractivity contribution >= 4 is 28.9 Å². The molecule has 180 valence electrons. The molecule has 0 N–H and O–H groups in total. The molecule has 1 saturated heterocycles. The third kappa shape index (κ3) is 5.00. The van der Waals surface area contributed by atoms with Gasteiger partial charge in [0.2, 0.25) is 0 Å². The summed E-state index contributed by atoms with van der Waals surface area (Å²) in [6.45, 7) is 11.7. The van der Waals surface area contributed by atoms with E-state index in [-0.39, 0.29) is 17.0 Å². The van der Waals surface area contributed by atoms with Crippen molar-refractivity contribution in [1.29, 1.82) is 5.26 Å². The molecule has 3 aromatic rings. The van der Waals surface area contributed by atoms with Crippen molar-refractivity contribution in [3.63, 3.8) is 0 Å². The minimum Gasteiger partial charge on any atom is -0.335 e. The van der Waals surface area contributed by atoms with E-state index in [9.17, 15) is 14.9 Å². The van der Waals surface area contributed by atoms with E-state index in [0.29, 0.717) is 28.0 Å². The maximum Gasteiger partial charge on any atom is 0.273 e. The summed E-state index contributed by atoms with van der Waals surface area (Å²) >= 11 is 1.20. The predicted octanol–water partition coefficient (Wildman–Crippen LogP) is 2.49. The Bertz CT molecular complexity index is 1480. The van der Waals surface area contributed by atoms with Crippen molar-refractivity contribution in [1.82, 2.24) is 14.4 Å². The van der Waals surface area contributed by atoms with Crippen molar-refractivity contribution < 1.29 is 4.79 Å². The minimum absolute atomic E-state index is 0.0144. The van der Waals surface area contributed by atoms with Crippen molar-refractivity contribution in [2.75, 3.05) is 32.7 Å². The van der Waals surface area contributed by atoms with Crippen LogP contribution in [0.1, 0.15) is 29.2 Å². The van der Waals surface area contributed by atoms with Crippen LogP contribution in [0.15, 0.2) is 47.3 Å². The number of nitrogens with zero attached hydrogens (tertiary/aromatic N) is 4. The Kier molecular flexibility index (Phi) is 7.34. The van der Waals surface area contributed by atoms with Gasteiger partial charge in [0.15, 0.2) is 5.57 Å². The number of nitriles is 1. The van der Waals surface area contributed by atoms with Gasteiger partial charge in [-0.1, -0.05) is 48.9 Å². The molecule has 0 aliphatic carbocycles. The van der Waals surface area contributed by atoms with E-state index in [1.54, 1.807) is 4.90 Å². The van der Waals surface area contributed by atoms with Crippen LogP contribution in [0.5, 0.6) is 0 Å². The van der Waals surface area contributed by atoms with Crippen molar-refractivity contribution in [2.24, 2.45) is 0 Å². The second kappa shape index (κ2) is 10.4. The van der Waals surface area contributed by atoms with Crippen LogP contribution in [-0.4, -0.2) is 53.0 Å². The molecule has 1 aromatic heterocycles. The molecule has 0 unspecified atom stereocenters. The number of aryl methyl sites for hydroxylation is 3. The van der Waals surface area contributed by atoms with Crippen molar-refractivity contribution in [2.45, 2.75) is 27.7 Å². The average Bonchev–Trinajstić information content (AvgIpc) is 3.17. The molecule has 6 nitrogen and oxygen atoms in total. The summed E-state index contributed by atoms with van der Waals surface area (Å²) in [5.74, 6) is -0.315. The maximum absolute atomic E-state index is 13.7. The van der Waals surface area contributed by atoms with Gasteiger partial charge < -0.3 is 9.80 Å². The Morgan fingerprint density at radius 2 is 1.77 bits per heavy atom. The lowest BCUT2D eigenvalue weighted by Crippen LogP contribution is -2.49. The number of amides is 1. The van der Waals surface area contributed by atoms with E-state index >= 15 is 0 Å². The van der Waals surface area contributed by atoms with Gasteiger partial charge in [-0.25, -0.2) is 0 Å². The molecule has 1 amide bonds. The van der Waals surface area contributed by atoms with Crippen LogP contribution in [0.25, 0.3) is 17.3 Å². The number of hydrogen-bond acceptors (Lipinski definition) is 5. The number of aromatic nitrogens is 1. The van der Waals surface area contributed by atoms with Crippen LogP contribution < -0.4 is 14.8 Å². The zero-order valence-corrected chi connectivity index (χ0v) is 21.5. The van der Waals surface area contributed by atoms with Crippen LogP contribution >= 0.6 is 11.3 Å². The molecular weight excluding hydrogens is 456 g/mol. The largest absolute Gasteiger partial charge is 0.335 e. The summed E-state index contributed by atoms with van der Waals surface area (Å²) in [6, 6.07) is 15.8. The van der Waals surface area contributed by atoms with E-state index in [1.165, 1.54) is 15.9 Å². The molecule has 2 heterocycles. The van der Waals surface area contributed by atoms with Gasteiger partial charge in [-0.05, 0) is 56.1 Å². The van der Waals surface area contributed by atoms with Gasteiger partial charge in [0.1, 0.15) is 10.7 Å². The first-order valence-electron chi connectivity index (χ1n) is 11.9. The van der Waals surface area contributed by atoms with Crippen molar-refractivity contribution in [3.05, 3.63) is 84.3 Å². The lowest BCUT2D eigenvalue weighted by Gasteiger charge is -2.33. The molecule has 1 aliphatic heterocycles. The first-order chi connectivity index (χ1) is 16.8. The molecule has 7 heteroatoms. The van der Waals surface area contributed by atoms with Gasteiger partial charge in [0.05, 0.1) is 10.2 Å². The average molecular weight is 487 g/mol. The highest BCUT2D eigenvalue weighted by Gasteiger charge is 2.25. The van der Waals surface area contributed by atoms with E-state index < -0.39 is 0 Å². The topological polar surface area (TPSA) is 69.3 Å². The van der Waals surface area contributed by atoms with E-state index in [2.05, 4.69) is 24.0 Å². The highest BCUT2D eigenvalue weighted by atomic mass is 32.1. The third-order valence-corrected chi connectivity index (χ3v) is 7.63. The maximum atomic E-state index is 13.7. The van der Waals surface area contributed by atoms with E-state index in [0.717, 1.165) is 41.9 Å². The number of carbonyl (C=O) groups is 1. The van der Waals surface area contributed by atoms with Crippen LogP contribution in [0.3, 0.4) is 0 Å². The summed E-state index contributed by atoms with van der Waals surface area (Å²) < 4.78 is 2.41. The number of piperazine rings is 1. The highest BCUT2D eigenvalue weighted by Crippen LogP contribution is 2.13. The number of rotatable bonds is 4. The second-order valence-corrected chi connectivity index (χ2v) is 9.95. The van der Waals surface area contributed by atoms with E-state index in [4.69, 9.17) is 0 Å². The fourth-order valence-electron chi connectivity index (χ4n) is 4.42. The molecule has 0 bridgehead atoms. The molecule has 0 saturated carbocycles. The van der Waals surface area contributed by atoms with Crippen LogP contribution in [-0.2, 0) is 4.79 Å². The molecule has 0 spiro atoms. The number of para-hydroxylation sites is 1. The summed E-state index contributed by atoms with van der Waals surface area (Å²) in [5, 5.41) is 10.1. The van der Waals surface area contributed by atoms with Gasteiger partial charge in [-0.3, -0.25) is 14.2 Å². The Morgan fingerprint density at radius 1 is 1.06 bits per heavy atom. The number of likely N-dealkylation sites (N-methyl/N-ethyl adjacent to an activating group) is 1. The Balaban J connectivity index is 1.95. The Hall–Kier alpha value is -3.47. The van der Waals surface area contributed by atoms with Gasteiger partial charge in [0.25, 0.3) is 11.5 Å². The van der Waals surface area contributed by atoms with E-state index in [1.807, 2.05) is 63.2 Å². The fraction of sp³-hybridized carbons (Fsp3) is 0.321. The summed E-state index contributed by atoms with van der Waals surface area (Å²) in [5.41, 5.74) is 4.52. The lowest BCUT2D eigenvalue weighted by atomic mass is 10.1. The van der Waals surface area contributed by atoms with Gasteiger partial charge in [-0.15, -0.1) is 11.3 Å². The zero-order valence-electron chi connectivity index (χ0n) is 20.7. The quantitative estimate of drug-likeness (QED) is 0.568. The summed E-state index contributed by atoms with van der Waals surface area (Å²) in [4.78, 5) is 31.2. The molecule has 0 atom stereocenters. The first kappa shape index (κ1) is 24.6. The summed E-state index contributed by atoms with van der Waals surface area (Å²) in [6.07, 6.45) is 1.86. The molecule has 0 radical (unpaired) electrons. The van der Waals surface area contributed by atoms with Crippen molar-refractivity contribution in [3.8, 4) is 11.8 Å². The highest BCUT2D eigenvalue weighted by molar-refractivity contribution is 7.07. The van der Waals surface area contributed by atoms with Crippen LogP contribution in [0.2, 0.25) is 0 Å². The summed E-state index contributed by atoms with van der Waals surface area (Å²) in [7, 11) is 0. The van der Waals surface area contributed by atoms with Gasteiger partial charge in [-0.2, -0.15) is 5.26 Å². The van der Waals surface area contributed by atoms with Crippen LogP contribution in [0, 0.1) is 32.1 Å².